The van der Waals surface area contributed by atoms with Crippen LogP contribution in [0, 0.1) is 6.92 Å². The van der Waals surface area contributed by atoms with Crippen LogP contribution in [0.3, 0.4) is 0 Å². The van der Waals surface area contributed by atoms with Crippen molar-refractivity contribution in [3.63, 3.8) is 0 Å². The van der Waals surface area contributed by atoms with Crippen molar-refractivity contribution in [2.24, 2.45) is 0 Å². The monoisotopic (exact) mass is 293 g/mol. The smallest absolute Gasteiger partial charge is 0.266 e. The third kappa shape index (κ3) is 4.26. The van der Waals surface area contributed by atoms with E-state index in [1.807, 2.05) is 4.72 Å². The lowest BCUT2D eigenvalue weighted by Gasteiger charge is -2.09. The number of sulfonamides is 1. The van der Waals surface area contributed by atoms with Gasteiger partial charge in [-0.05, 0) is 24.6 Å². The van der Waals surface area contributed by atoms with Gasteiger partial charge in [-0.15, -0.1) is 0 Å². The van der Waals surface area contributed by atoms with Gasteiger partial charge in [-0.3, -0.25) is 4.55 Å². The molecule has 0 aromatic heterocycles. The highest BCUT2D eigenvalue weighted by molar-refractivity contribution is 7.89. The van der Waals surface area contributed by atoms with Gasteiger partial charge >= 0.3 is 0 Å². The quantitative estimate of drug-likeness (QED) is 0.743. The first-order valence-electron chi connectivity index (χ1n) is 4.89. The third-order valence-corrected chi connectivity index (χ3v) is 4.45. The first-order valence-corrected chi connectivity index (χ1v) is 7.98. The molecular formula is C9H13N2O5S2. The van der Waals surface area contributed by atoms with Crippen molar-refractivity contribution in [1.29, 1.82) is 0 Å². The van der Waals surface area contributed by atoms with Crippen LogP contribution in [-0.2, 0) is 20.1 Å². The second kappa shape index (κ2) is 5.22. The van der Waals surface area contributed by atoms with Crippen LogP contribution in [0.15, 0.2) is 23.1 Å². The van der Waals surface area contributed by atoms with E-state index in [0.29, 0.717) is 5.56 Å². The highest BCUT2D eigenvalue weighted by atomic mass is 32.2. The van der Waals surface area contributed by atoms with Crippen LogP contribution in [-0.4, -0.2) is 33.7 Å². The Morgan fingerprint density at radius 1 is 1.28 bits per heavy atom. The van der Waals surface area contributed by atoms with Crippen LogP contribution in [0.2, 0.25) is 0 Å². The van der Waals surface area contributed by atoms with Gasteiger partial charge in [0.25, 0.3) is 10.1 Å². The lowest BCUT2D eigenvalue weighted by Crippen LogP contribution is -2.29. The molecule has 3 N–H and O–H groups in total. The molecule has 0 saturated carbocycles. The van der Waals surface area contributed by atoms with Crippen molar-refractivity contribution in [2.75, 3.05) is 12.3 Å². The fourth-order valence-electron chi connectivity index (χ4n) is 1.27. The molecule has 18 heavy (non-hydrogen) atoms. The predicted molar refractivity (Wildman–Crippen MR) is 65.5 cm³/mol. The fourth-order valence-corrected chi connectivity index (χ4v) is 3.06. The van der Waals surface area contributed by atoms with E-state index in [4.69, 9.17) is 10.3 Å². The van der Waals surface area contributed by atoms with Gasteiger partial charge in [-0.1, -0.05) is 6.07 Å². The van der Waals surface area contributed by atoms with Crippen LogP contribution in [0.4, 0.5) is 5.69 Å². The minimum Gasteiger partial charge on any atom is -0.301 e. The summed E-state index contributed by atoms with van der Waals surface area (Å²) in [6.07, 6.45) is 0. The molecule has 1 aromatic carbocycles. The Labute approximate surface area is 106 Å². The van der Waals surface area contributed by atoms with E-state index < -0.39 is 32.4 Å². The number of hydrogen-bond donors (Lipinski definition) is 2. The van der Waals surface area contributed by atoms with Gasteiger partial charge < -0.3 is 5.73 Å². The molecule has 101 valence electrons. The van der Waals surface area contributed by atoms with E-state index in [2.05, 4.69) is 0 Å². The molecule has 0 heterocycles. The third-order valence-electron chi connectivity index (χ3n) is 2.13. The van der Waals surface area contributed by atoms with Crippen LogP contribution in [0.25, 0.3) is 0 Å². The van der Waals surface area contributed by atoms with Crippen molar-refractivity contribution in [1.82, 2.24) is 10.5 Å². The molecule has 0 aliphatic carbocycles. The second-order valence-electron chi connectivity index (χ2n) is 3.66. The first kappa shape index (κ1) is 14.9. The van der Waals surface area contributed by atoms with Crippen molar-refractivity contribution >= 4 is 25.8 Å². The summed E-state index contributed by atoms with van der Waals surface area (Å²) in [6.45, 7) is 1.14. The molecule has 0 unspecified atom stereocenters. The van der Waals surface area contributed by atoms with Gasteiger partial charge in [0.2, 0.25) is 10.0 Å². The summed E-state index contributed by atoms with van der Waals surface area (Å²) in [6, 6.07) is 4.11. The highest BCUT2D eigenvalue weighted by Crippen LogP contribution is 2.18. The van der Waals surface area contributed by atoms with Gasteiger partial charge in [0, 0.05) is 6.54 Å². The molecule has 0 saturated heterocycles. The van der Waals surface area contributed by atoms with Crippen molar-refractivity contribution in [3.05, 3.63) is 23.8 Å². The number of rotatable bonds is 5. The molecule has 0 aliphatic rings. The predicted octanol–water partition coefficient (Wildman–Crippen LogP) is 0.0755. The number of hydrogen-bond acceptors (Lipinski definition) is 4. The van der Waals surface area contributed by atoms with Crippen LogP contribution < -0.4 is 10.5 Å². The SMILES string of the molecule is Cc1ccc([NH])cc1S(=O)(=O)NCCS(=O)(=O)O. The van der Waals surface area contributed by atoms with Crippen LogP contribution in [0.1, 0.15) is 5.56 Å². The second-order valence-corrected chi connectivity index (χ2v) is 6.97. The Bertz CT molecular complexity index is 637. The Hall–Kier alpha value is -1.16. The number of nitrogens with one attached hydrogen (secondary N) is 2. The minimum absolute atomic E-state index is 0.0377. The summed E-state index contributed by atoms with van der Waals surface area (Å²) in [5, 5.41) is 0. The molecule has 1 radical (unpaired) electrons. The summed E-state index contributed by atoms with van der Waals surface area (Å²) in [7, 11) is -8.09. The summed E-state index contributed by atoms with van der Waals surface area (Å²) in [5.74, 6) is -0.703. The van der Waals surface area contributed by atoms with Crippen molar-refractivity contribution in [2.45, 2.75) is 11.8 Å². The van der Waals surface area contributed by atoms with Crippen LogP contribution >= 0.6 is 0 Å². The van der Waals surface area contributed by atoms with Gasteiger partial charge in [0.1, 0.15) is 0 Å². The van der Waals surface area contributed by atoms with E-state index in [-0.39, 0.29) is 10.6 Å². The topological polar surface area (TPSA) is 124 Å². The zero-order valence-electron chi connectivity index (χ0n) is 9.54. The average Bonchev–Trinajstić information content (AvgIpc) is 2.19. The maximum atomic E-state index is 11.8. The first-order chi connectivity index (χ1) is 8.12. The summed E-state index contributed by atoms with van der Waals surface area (Å²) in [4.78, 5) is -0.0784. The summed E-state index contributed by atoms with van der Waals surface area (Å²) >= 11 is 0. The molecule has 7 nitrogen and oxygen atoms in total. The molecule has 1 rings (SSSR count). The summed E-state index contributed by atoms with van der Waals surface area (Å²) < 4.78 is 55.1. The molecule has 9 heteroatoms. The van der Waals surface area contributed by atoms with Gasteiger partial charge in [-0.25, -0.2) is 13.1 Å². The van der Waals surface area contributed by atoms with Crippen molar-refractivity contribution in [3.8, 4) is 0 Å². The van der Waals surface area contributed by atoms with E-state index >= 15 is 0 Å². The molecule has 0 spiro atoms. The Kier molecular flexibility index (Phi) is 4.32. The molecule has 0 aliphatic heterocycles. The minimum atomic E-state index is -4.21. The lowest BCUT2D eigenvalue weighted by atomic mass is 10.2. The van der Waals surface area contributed by atoms with Gasteiger partial charge in [-0.2, -0.15) is 8.42 Å². The number of benzene rings is 1. The van der Waals surface area contributed by atoms with E-state index in [0.717, 1.165) is 0 Å². The molecule has 1 aromatic rings. The number of aryl methyl sites for hydroxylation is 1. The molecular weight excluding hydrogens is 280 g/mol. The standard InChI is InChI=1S/C9H13N2O5S2/c1-7-2-3-8(10)6-9(7)18(15,16)11-4-5-17(12,13)14/h2-3,6,10-11H,4-5H2,1H3,(H,12,13,14). The zero-order chi connectivity index (χ0) is 14.0. The largest absolute Gasteiger partial charge is 0.301 e. The highest BCUT2D eigenvalue weighted by Gasteiger charge is 2.17. The maximum absolute atomic E-state index is 11.8. The fraction of sp³-hybridized carbons (Fsp3) is 0.333. The Balaban J connectivity index is 2.90. The molecule has 0 fully saturated rings. The molecule has 0 atom stereocenters. The summed E-state index contributed by atoms with van der Waals surface area (Å²) in [5.41, 5.74) is 7.85. The van der Waals surface area contributed by atoms with E-state index in [9.17, 15) is 16.8 Å². The molecule has 0 amide bonds. The van der Waals surface area contributed by atoms with Gasteiger partial charge in [0.05, 0.1) is 16.3 Å². The van der Waals surface area contributed by atoms with Crippen molar-refractivity contribution < 1.29 is 21.4 Å². The average molecular weight is 293 g/mol. The normalized spacial score (nSPS) is 12.6. The Morgan fingerprint density at radius 3 is 2.44 bits per heavy atom. The zero-order valence-corrected chi connectivity index (χ0v) is 11.2. The van der Waals surface area contributed by atoms with E-state index in [1.165, 1.54) is 18.2 Å². The van der Waals surface area contributed by atoms with Crippen LogP contribution in [0.5, 0.6) is 0 Å². The maximum Gasteiger partial charge on any atom is 0.266 e. The van der Waals surface area contributed by atoms with E-state index in [1.54, 1.807) is 6.92 Å². The Morgan fingerprint density at radius 2 is 1.89 bits per heavy atom. The van der Waals surface area contributed by atoms with Gasteiger partial charge in [0.15, 0.2) is 0 Å². The molecule has 0 bridgehead atoms. The lowest BCUT2D eigenvalue weighted by molar-refractivity contribution is 0.482.